The zero-order valence-electron chi connectivity index (χ0n) is 9.93. The highest BCUT2D eigenvalue weighted by Crippen LogP contribution is 2.32. The Bertz CT molecular complexity index is 383. The molecule has 0 amide bonds. The molecule has 1 rings (SSSR count). The van der Waals surface area contributed by atoms with Crippen molar-refractivity contribution in [2.24, 2.45) is 5.41 Å². The molecule has 90 valence electrons. The van der Waals surface area contributed by atoms with Crippen LogP contribution in [-0.4, -0.2) is 11.1 Å². The quantitative estimate of drug-likeness (QED) is 0.728. The van der Waals surface area contributed by atoms with Crippen LogP contribution in [0.1, 0.15) is 18.4 Å². The molecule has 0 aliphatic rings. The minimum Gasteiger partial charge on any atom is -0.481 e. The van der Waals surface area contributed by atoms with Crippen molar-refractivity contribution in [2.45, 2.75) is 19.3 Å². The first-order chi connectivity index (χ1) is 8.14. The van der Waals surface area contributed by atoms with E-state index in [1.54, 1.807) is 12.2 Å². The summed E-state index contributed by atoms with van der Waals surface area (Å²) in [6.45, 7) is 7.31. The normalized spacial score (nSPS) is 10.8. The zero-order valence-corrected chi connectivity index (χ0v) is 9.93. The lowest BCUT2D eigenvalue weighted by Crippen LogP contribution is -2.32. The molecule has 1 aromatic rings. The van der Waals surface area contributed by atoms with Gasteiger partial charge < -0.3 is 5.11 Å². The van der Waals surface area contributed by atoms with Gasteiger partial charge in [0.25, 0.3) is 0 Å². The van der Waals surface area contributed by atoms with Crippen molar-refractivity contribution in [3.63, 3.8) is 0 Å². The third-order valence-corrected chi connectivity index (χ3v) is 2.91. The number of aliphatic carboxylic acids is 1. The van der Waals surface area contributed by atoms with E-state index in [9.17, 15) is 9.90 Å². The largest absolute Gasteiger partial charge is 0.481 e. The van der Waals surface area contributed by atoms with Crippen LogP contribution in [0.3, 0.4) is 0 Å². The Labute approximate surface area is 102 Å². The van der Waals surface area contributed by atoms with Crippen LogP contribution in [0.15, 0.2) is 55.6 Å². The van der Waals surface area contributed by atoms with Gasteiger partial charge in [-0.2, -0.15) is 0 Å². The SMILES string of the molecule is C=CCC(CC=C)(Cc1ccccc1)C(=O)O. The summed E-state index contributed by atoms with van der Waals surface area (Å²) in [7, 11) is 0. The Morgan fingerprint density at radius 2 is 1.71 bits per heavy atom. The topological polar surface area (TPSA) is 37.3 Å². The number of hydrogen-bond donors (Lipinski definition) is 1. The van der Waals surface area contributed by atoms with Crippen LogP contribution in [0.25, 0.3) is 0 Å². The lowest BCUT2D eigenvalue weighted by molar-refractivity contribution is -0.148. The maximum absolute atomic E-state index is 11.5. The predicted octanol–water partition coefficient (Wildman–Crippen LogP) is 3.45. The van der Waals surface area contributed by atoms with E-state index in [1.165, 1.54) is 0 Å². The number of allylic oxidation sites excluding steroid dienone is 2. The zero-order chi connectivity index (χ0) is 12.7. The molecule has 0 bridgehead atoms. The highest BCUT2D eigenvalue weighted by molar-refractivity contribution is 5.75. The number of carboxylic acids is 1. The van der Waals surface area contributed by atoms with Gasteiger partial charge in [-0.1, -0.05) is 42.5 Å². The van der Waals surface area contributed by atoms with Crippen molar-refractivity contribution in [1.29, 1.82) is 0 Å². The van der Waals surface area contributed by atoms with Gasteiger partial charge in [0.1, 0.15) is 0 Å². The second kappa shape index (κ2) is 6.04. The maximum atomic E-state index is 11.5. The molecule has 17 heavy (non-hydrogen) atoms. The standard InChI is InChI=1S/C15H18O2/c1-3-10-15(11-4-2,14(16)17)12-13-8-6-5-7-9-13/h3-9H,1-2,10-12H2,(H,16,17). The summed E-state index contributed by atoms with van der Waals surface area (Å²) in [5.74, 6) is -0.791. The molecule has 0 saturated heterocycles. The maximum Gasteiger partial charge on any atom is 0.310 e. The van der Waals surface area contributed by atoms with Crippen LogP contribution >= 0.6 is 0 Å². The summed E-state index contributed by atoms with van der Waals surface area (Å²) >= 11 is 0. The van der Waals surface area contributed by atoms with Gasteiger partial charge >= 0.3 is 5.97 Å². The van der Waals surface area contributed by atoms with Gasteiger partial charge in [0.2, 0.25) is 0 Å². The van der Waals surface area contributed by atoms with Crippen molar-refractivity contribution >= 4 is 5.97 Å². The molecule has 0 heterocycles. The van der Waals surface area contributed by atoms with E-state index in [0.717, 1.165) is 5.56 Å². The Morgan fingerprint density at radius 3 is 2.12 bits per heavy atom. The minimum atomic E-state index is -0.815. The Balaban J connectivity index is 3.00. The molecule has 0 unspecified atom stereocenters. The van der Waals surface area contributed by atoms with Gasteiger partial charge in [-0.05, 0) is 24.8 Å². The Morgan fingerprint density at radius 1 is 1.18 bits per heavy atom. The molecule has 0 radical (unpaired) electrons. The third-order valence-electron chi connectivity index (χ3n) is 2.91. The molecule has 0 aromatic heterocycles. The van der Waals surface area contributed by atoms with E-state index in [0.29, 0.717) is 19.3 Å². The summed E-state index contributed by atoms with van der Waals surface area (Å²) < 4.78 is 0. The molecule has 1 aromatic carbocycles. The molecule has 1 N–H and O–H groups in total. The lowest BCUT2D eigenvalue weighted by atomic mass is 9.76. The first-order valence-corrected chi connectivity index (χ1v) is 5.64. The molecular weight excluding hydrogens is 212 g/mol. The fourth-order valence-corrected chi connectivity index (χ4v) is 2.02. The number of carboxylic acid groups (broad SMARTS) is 1. The van der Waals surface area contributed by atoms with E-state index in [4.69, 9.17) is 0 Å². The lowest BCUT2D eigenvalue weighted by Gasteiger charge is -2.27. The second-order valence-corrected chi connectivity index (χ2v) is 4.23. The fourth-order valence-electron chi connectivity index (χ4n) is 2.02. The predicted molar refractivity (Wildman–Crippen MR) is 69.8 cm³/mol. The van der Waals surface area contributed by atoms with Crippen LogP contribution in [0, 0.1) is 5.41 Å². The van der Waals surface area contributed by atoms with E-state index >= 15 is 0 Å². The van der Waals surface area contributed by atoms with Crippen molar-refractivity contribution in [3.05, 3.63) is 61.2 Å². The molecule has 2 nitrogen and oxygen atoms in total. The smallest absolute Gasteiger partial charge is 0.310 e. The van der Waals surface area contributed by atoms with Gasteiger partial charge in [-0.3, -0.25) is 4.79 Å². The van der Waals surface area contributed by atoms with Crippen molar-refractivity contribution < 1.29 is 9.90 Å². The second-order valence-electron chi connectivity index (χ2n) is 4.23. The number of rotatable bonds is 7. The summed E-state index contributed by atoms with van der Waals surface area (Å²) in [5, 5.41) is 9.45. The number of carbonyl (C=O) groups is 1. The molecule has 2 heteroatoms. The summed E-state index contributed by atoms with van der Waals surface area (Å²) in [4.78, 5) is 11.5. The van der Waals surface area contributed by atoms with Crippen LogP contribution in [0.4, 0.5) is 0 Å². The fraction of sp³-hybridized carbons (Fsp3) is 0.267. The van der Waals surface area contributed by atoms with Crippen LogP contribution in [0.5, 0.6) is 0 Å². The average Bonchev–Trinajstić information content (AvgIpc) is 2.30. The number of benzene rings is 1. The summed E-state index contributed by atoms with van der Waals surface area (Å²) in [6.07, 6.45) is 4.73. The van der Waals surface area contributed by atoms with Crippen molar-refractivity contribution in [2.75, 3.05) is 0 Å². The summed E-state index contributed by atoms with van der Waals surface area (Å²) in [6, 6.07) is 9.66. The highest BCUT2D eigenvalue weighted by atomic mass is 16.4. The van der Waals surface area contributed by atoms with Gasteiger partial charge in [-0.25, -0.2) is 0 Å². The van der Waals surface area contributed by atoms with Gasteiger partial charge in [0, 0.05) is 0 Å². The van der Waals surface area contributed by atoms with E-state index in [2.05, 4.69) is 13.2 Å². The van der Waals surface area contributed by atoms with Crippen LogP contribution < -0.4 is 0 Å². The first-order valence-electron chi connectivity index (χ1n) is 5.64. The molecule has 0 spiro atoms. The molecule has 0 atom stereocenters. The molecule has 0 aliphatic heterocycles. The van der Waals surface area contributed by atoms with E-state index < -0.39 is 11.4 Å². The molecule has 0 saturated carbocycles. The molecular formula is C15H18O2. The Kier molecular flexibility index (Phi) is 4.70. The van der Waals surface area contributed by atoms with Gasteiger partial charge in [0.15, 0.2) is 0 Å². The highest BCUT2D eigenvalue weighted by Gasteiger charge is 2.36. The monoisotopic (exact) mass is 230 g/mol. The van der Waals surface area contributed by atoms with Gasteiger partial charge in [0.05, 0.1) is 5.41 Å². The average molecular weight is 230 g/mol. The molecule has 0 fully saturated rings. The van der Waals surface area contributed by atoms with Crippen molar-refractivity contribution in [3.8, 4) is 0 Å². The first kappa shape index (κ1) is 13.2. The number of hydrogen-bond acceptors (Lipinski definition) is 1. The third kappa shape index (κ3) is 3.31. The summed E-state index contributed by atoms with van der Waals surface area (Å²) in [5.41, 5.74) is 0.212. The van der Waals surface area contributed by atoms with Crippen molar-refractivity contribution in [1.82, 2.24) is 0 Å². The minimum absolute atomic E-state index is 0.448. The molecule has 0 aliphatic carbocycles. The Hall–Kier alpha value is -1.83. The van der Waals surface area contributed by atoms with E-state index in [1.807, 2.05) is 30.3 Å². The van der Waals surface area contributed by atoms with Crippen LogP contribution in [0.2, 0.25) is 0 Å². The van der Waals surface area contributed by atoms with Crippen LogP contribution in [-0.2, 0) is 11.2 Å². The van der Waals surface area contributed by atoms with E-state index in [-0.39, 0.29) is 0 Å². The van der Waals surface area contributed by atoms with Gasteiger partial charge in [-0.15, -0.1) is 13.2 Å².